The second-order valence-electron chi connectivity index (χ2n) is 6.76. The third kappa shape index (κ3) is 2.70. The summed E-state index contributed by atoms with van der Waals surface area (Å²) in [4.78, 5) is 9.08. The summed E-state index contributed by atoms with van der Waals surface area (Å²) in [6.45, 7) is 7.35. The normalized spacial score (nSPS) is 13.9. The second kappa shape index (κ2) is 5.99. The van der Waals surface area contributed by atoms with Gasteiger partial charge in [-0.3, -0.25) is 4.98 Å². The van der Waals surface area contributed by atoms with E-state index in [0.29, 0.717) is 11.4 Å². The first-order valence-electron chi connectivity index (χ1n) is 9.44. The Morgan fingerprint density at radius 1 is 0.960 bits per heavy atom. The molecule has 126 valence electrons. The molecule has 0 amide bonds. The molecule has 0 bridgehead atoms. The van der Waals surface area contributed by atoms with Crippen molar-refractivity contribution in [2.75, 3.05) is 0 Å². The van der Waals surface area contributed by atoms with E-state index in [1.54, 1.807) is 6.20 Å². The number of hydrogen-bond donors (Lipinski definition) is 0. The highest BCUT2D eigenvalue weighted by Crippen LogP contribution is 2.35. The number of rotatable bonds is 3. The van der Waals surface area contributed by atoms with Crippen LogP contribution in [0.3, 0.4) is 0 Å². The highest BCUT2D eigenvalue weighted by molar-refractivity contribution is 6.08. The summed E-state index contributed by atoms with van der Waals surface area (Å²) < 4.78 is 22.6. The maximum Gasteiger partial charge on any atom is 0.227 e. The van der Waals surface area contributed by atoms with Gasteiger partial charge in [0.1, 0.15) is 5.58 Å². The standard InChI is InChI=1S/C22H22N2O/c1-13(2)15-10-11-23-20(12-15)18-7-5-6-16-17-8-9-19(14(3)4)24-22(17)25-21(16)18/h5-14H,1-4H3/i13D,14D. The summed E-state index contributed by atoms with van der Waals surface area (Å²) in [6.07, 6.45) is 1.74. The molecule has 3 heteroatoms. The summed E-state index contributed by atoms with van der Waals surface area (Å²) in [5.74, 6) is -1.48. The highest BCUT2D eigenvalue weighted by Gasteiger charge is 2.15. The summed E-state index contributed by atoms with van der Waals surface area (Å²) in [5, 5.41) is 1.90. The summed E-state index contributed by atoms with van der Waals surface area (Å²) >= 11 is 0. The van der Waals surface area contributed by atoms with E-state index in [2.05, 4.69) is 9.97 Å². The van der Waals surface area contributed by atoms with E-state index in [9.17, 15) is 0 Å². The van der Waals surface area contributed by atoms with Gasteiger partial charge in [0, 0.05) is 31.0 Å². The predicted octanol–water partition coefficient (Wildman–Crippen LogP) is 6.29. The Bertz CT molecular complexity index is 1150. The van der Waals surface area contributed by atoms with Crippen molar-refractivity contribution in [2.45, 2.75) is 39.5 Å². The Morgan fingerprint density at radius 2 is 1.80 bits per heavy atom. The fourth-order valence-electron chi connectivity index (χ4n) is 3.05. The van der Waals surface area contributed by atoms with Gasteiger partial charge in [0.05, 0.1) is 5.69 Å². The average Bonchev–Trinajstić information content (AvgIpc) is 2.98. The maximum absolute atomic E-state index is 8.29. The van der Waals surface area contributed by atoms with E-state index in [0.717, 1.165) is 33.2 Å². The van der Waals surface area contributed by atoms with Crippen molar-refractivity contribution in [3.05, 3.63) is 59.9 Å². The molecular formula is C22H22N2O. The van der Waals surface area contributed by atoms with Crippen LogP contribution in [0.2, 0.25) is 0 Å². The molecule has 0 aliphatic carbocycles. The second-order valence-corrected chi connectivity index (χ2v) is 6.76. The Labute approximate surface area is 150 Å². The molecule has 0 aliphatic rings. The van der Waals surface area contributed by atoms with Crippen molar-refractivity contribution in [3.63, 3.8) is 0 Å². The molecule has 3 nitrogen and oxygen atoms in total. The van der Waals surface area contributed by atoms with E-state index in [-0.39, 0.29) is 0 Å². The van der Waals surface area contributed by atoms with Crippen LogP contribution in [-0.2, 0) is 0 Å². The third-order valence-electron chi connectivity index (χ3n) is 4.49. The molecule has 4 rings (SSSR count). The van der Waals surface area contributed by atoms with Crippen LogP contribution in [0.15, 0.2) is 53.1 Å². The predicted molar refractivity (Wildman–Crippen MR) is 103 cm³/mol. The minimum atomic E-state index is -0.786. The molecule has 0 spiro atoms. The zero-order chi connectivity index (χ0) is 19.4. The van der Waals surface area contributed by atoms with Gasteiger partial charge >= 0.3 is 0 Å². The van der Waals surface area contributed by atoms with Crippen LogP contribution < -0.4 is 0 Å². The highest BCUT2D eigenvalue weighted by atomic mass is 16.3. The van der Waals surface area contributed by atoms with Crippen molar-refractivity contribution in [2.24, 2.45) is 0 Å². The zero-order valence-electron chi connectivity index (χ0n) is 16.9. The van der Waals surface area contributed by atoms with Gasteiger partial charge in [-0.2, -0.15) is 0 Å². The molecule has 3 aromatic heterocycles. The summed E-state index contributed by atoms with van der Waals surface area (Å²) in [5.41, 5.74) is 4.49. The van der Waals surface area contributed by atoms with Crippen LogP contribution in [-0.4, -0.2) is 9.97 Å². The van der Waals surface area contributed by atoms with Crippen molar-refractivity contribution in [3.8, 4) is 11.3 Å². The molecular weight excluding hydrogens is 308 g/mol. The minimum Gasteiger partial charge on any atom is -0.437 e. The van der Waals surface area contributed by atoms with Crippen LogP contribution in [0, 0.1) is 0 Å². The molecule has 0 saturated heterocycles. The van der Waals surface area contributed by atoms with Gasteiger partial charge in [0.2, 0.25) is 5.71 Å². The molecule has 0 fully saturated rings. The lowest BCUT2D eigenvalue weighted by Gasteiger charge is -2.07. The van der Waals surface area contributed by atoms with Gasteiger partial charge in [0.15, 0.2) is 0 Å². The number of aromatic nitrogens is 2. The topological polar surface area (TPSA) is 38.9 Å². The Balaban J connectivity index is 1.95. The molecule has 4 aromatic rings. The van der Waals surface area contributed by atoms with E-state index in [4.69, 9.17) is 7.16 Å². The number of pyridine rings is 2. The van der Waals surface area contributed by atoms with Crippen molar-refractivity contribution >= 4 is 22.1 Å². The number of para-hydroxylation sites is 1. The fraction of sp³-hybridized carbons (Fsp3) is 0.273. The number of fused-ring (bicyclic) bond motifs is 3. The third-order valence-corrected chi connectivity index (χ3v) is 4.49. The molecule has 0 N–H and O–H groups in total. The fourth-order valence-corrected chi connectivity index (χ4v) is 3.05. The molecule has 3 heterocycles. The molecule has 0 aliphatic heterocycles. The zero-order valence-corrected chi connectivity index (χ0v) is 14.9. The lowest BCUT2D eigenvalue weighted by molar-refractivity contribution is 0.648. The van der Waals surface area contributed by atoms with Crippen LogP contribution in [0.1, 0.15) is 53.5 Å². The minimum absolute atomic E-state index is 0.534. The molecule has 25 heavy (non-hydrogen) atoms. The van der Waals surface area contributed by atoms with Crippen LogP contribution in [0.5, 0.6) is 0 Å². The first-order valence-corrected chi connectivity index (χ1v) is 8.44. The molecule has 0 radical (unpaired) electrons. The Morgan fingerprint density at radius 3 is 2.56 bits per heavy atom. The lowest BCUT2D eigenvalue weighted by Crippen LogP contribution is -1.90. The Kier molecular flexibility index (Phi) is 3.26. The van der Waals surface area contributed by atoms with Gasteiger partial charge in [-0.15, -0.1) is 0 Å². The quantitative estimate of drug-likeness (QED) is 0.442. The van der Waals surface area contributed by atoms with Crippen molar-refractivity contribution in [1.82, 2.24) is 9.97 Å². The molecule has 1 aromatic carbocycles. The van der Waals surface area contributed by atoms with Crippen molar-refractivity contribution in [1.29, 1.82) is 0 Å². The Hall–Kier alpha value is -2.68. The van der Waals surface area contributed by atoms with Gasteiger partial charge in [-0.1, -0.05) is 39.8 Å². The monoisotopic (exact) mass is 332 g/mol. The number of nitrogens with zero attached hydrogens (tertiary/aromatic N) is 2. The first-order chi connectivity index (χ1) is 12.6. The van der Waals surface area contributed by atoms with E-state index in [1.807, 2.05) is 70.2 Å². The SMILES string of the molecule is [2H]C(C)(C)c1ccnc(-c2cccc3c2oc2nc(C([2H])(C)C)ccc23)c1. The van der Waals surface area contributed by atoms with Crippen LogP contribution in [0.4, 0.5) is 0 Å². The maximum atomic E-state index is 8.29. The molecule has 0 atom stereocenters. The van der Waals surface area contributed by atoms with Crippen LogP contribution >= 0.6 is 0 Å². The van der Waals surface area contributed by atoms with Gasteiger partial charge in [0.25, 0.3) is 0 Å². The number of hydrogen-bond acceptors (Lipinski definition) is 3. The number of benzene rings is 1. The van der Waals surface area contributed by atoms with Gasteiger partial charge in [-0.05, 0) is 47.7 Å². The molecule has 0 unspecified atom stereocenters. The summed E-state index contributed by atoms with van der Waals surface area (Å²) in [6, 6.07) is 13.6. The largest absolute Gasteiger partial charge is 0.437 e. The van der Waals surface area contributed by atoms with Gasteiger partial charge < -0.3 is 4.42 Å². The first kappa shape index (κ1) is 13.6. The molecule has 0 saturated carbocycles. The van der Waals surface area contributed by atoms with Crippen molar-refractivity contribution < 1.29 is 7.16 Å². The average molecular weight is 332 g/mol. The van der Waals surface area contributed by atoms with E-state index >= 15 is 0 Å². The van der Waals surface area contributed by atoms with E-state index < -0.39 is 11.8 Å². The van der Waals surface area contributed by atoms with Crippen LogP contribution in [0.25, 0.3) is 33.3 Å². The van der Waals surface area contributed by atoms with E-state index in [1.165, 1.54) is 0 Å². The van der Waals surface area contributed by atoms with Gasteiger partial charge in [-0.25, -0.2) is 4.98 Å². The summed E-state index contributed by atoms with van der Waals surface area (Å²) in [7, 11) is 0. The lowest BCUT2D eigenvalue weighted by atomic mass is 10.0. The number of furan rings is 1. The smallest absolute Gasteiger partial charge is 0.227 e.